The summed E-state index contributed by atoms with van der Waals surface area (Å²) >= 11 is 3.44. The van der Waals surface area contributed by atoms with E-state index in [1.165, 1.54) is 5.56 Å². The first kappa shape index (κ1) is 13.5. The molecule has 0 spiro atoms. The first-order valence-corrected chi connectivity index (χ1v) is 6.35. The third kappa shape index (κ3) is 3.80. The van der Waals surface area contributed by atoms with E-state index in [0.29, 0.717) is 0 Å². The van der Waals surface area contributed by atoms with Gasteiger partial charge in [0.25, 0.3) is 0 Å². The van der Waals surface area contributed by atoms with Gasteiger partial charge >= 0.3 is 0 Å². The van der Waals surface area contributed by atoms with Crippen LogP contribution >= 0.6 is 15.9 Å². The zero-order chi connectivity index (χ0) is 12.2. The average molecular weight is 286 g/mol. The van der Waals surface area contributed by atoms with E-state index < -0.39 is 0 Å². The summed E-state index contributed by atoms with van der Waals surface area (Å²) in [6.45, 7) is 7.43. The van der Waals surface area contributed by atoms with Crippen LogP contribution in [0.5, 0.6) is 5.75 Å². The van der Waals surface area contributed by atoms with Crippen LogP contribution in [0.25, 0.3) is 0 Å². The molecule has 1 N–H and O–H groups in total. The van der Waals surface area contributed by atoms with Crippen LogP contribution in [-0.4, -0.2) is 12.6 Å². The van der Waals surface area contributed by atoms with Gasteiger partial charge in [-0.3, -0.25) is 0 Å². The smallest absolute Gasteiger partial charge is 0.124 e. The highest BCUT2D eigenvalue weighted by atomic mass is 79.9. The predicted molar refractivity (Wildman–Crippen MR) is 71.9 cm³/mol. The Morgan fingerprint density at radius 3 is 2.62 bits per heavy atom. The van der Waals surface area contributed by atoms with Crippen LogP contribution in [0, 0.1) is 0 Å². The number of rotatable bonds is 5. The molecule has 0 saturated carbocycles. The number of ether oxygens (including phenoxy) is 1. The fourth-order valence-corrected chi connectivity index (χ4v) is 1.66. The highest BCUT2D eigenvalue weighted by Crippen LogP contribution is 2.24. The lowest BCUT2D eigenvalue weighted by molar-refractivity contribution is 0.364. The zero-order valence-corrected chi connectivity index (χ0v) is 12.0. The van der Waals surface area contributed by atoms with Crippen LogP contribution < -0.4 is 10.1 Å². The topological polar surface area (TPSA) is 21.3 Å². The highest BCUT2D eigenvalue weighted by molar-refractivity contribution is 9.10. The predicted octanol–water partition coefficient (Wildman–Crippen LogP) is 3.74. The van der Waals surface area contributed by atoms with Gasteiger partial charge in [-0.05, 0) is 32.4 Å². The van der Waals surface area contributed by atoms with Crippen LogP contribution in [0.1, 0.15) is 32.8 Å². The van der Waals surface area contributed by atoms with Crippen LogP contribution in [-0.2, 0) is 6.54 Å². The molecule has 0 unspecified atom stereocenters. The molecule has 0 amide bonds. The van der Waals surface area contributed by atoms with Gasteiger partial charge in [-0.25, -0.2) is 0 Å². The van der Waals surface area contributed by atoms with Crippen molar-refractivity contribution in [3.8, 4) is 5.75 Å². The van der Waals surface area contributed by atoms with Crippen molar-refractivity contribution in [2.24, 2.45) is 0 Å². The summed E-state index contributed by atoms with van der Waals surface area (Å²) in [4.78, 5) is 0. The first-order chi connectivity index (χ1) is 7.48. The Morgan fingerprint density at radius 1 is 1.38 bits per heavy atom. The Bertz CT molecular complexity index is 350. The Labute approximate surface area is 107 Å². The van der Waals surface area contributed by atoms with E-state index in [1.807, 2.05) is 12.1 Å². The van der Waals surface area contributed by atoms with Gasteiger partial charge in [0.1, 0.15) is 5.75 Å². The molecular weight excluding hydrogens is 266 g/mol. The molecule has 0 heterocycles. The molecule has 0 aliphatic carbocycles. The third-order valence-corrected chi connectivity index (χ3v) is 3.38. The summed E-state index contributed by atoms with van der Waals surface area (Å²) in [5.41, 5.74) is 1.35. The largest absolute Gasteiger partial charge is 0.496 e. The highest BCUT2D eigenvalue weighted by Gasteiger charge is 2.14. The molecule has 90 valence electrons. The van der Waals surface area contributed by atoms with E-state index in [9.17, 15) is 0 Å². The molecule has 0 aliphatic rings. The van der Waals surface area contributed by atoms with E-state index in [2.05, 4.69) is 48.1 Å². The molecule has 3 heteroatoms. The van der Waals surface area contributed by atoms with Gasteiger partial charge < -0.3 is 10.1 Å². The lowest BCUT2D eigenvalue weighted by atomic mass is 10.0. The Hall–Kier alpha value is -0.540. The average Bonchev–Trinajstić information content (AvgIpc) is 2.27. The maximum Gasteiger partial charge on any atom is 0.124 e. The minimum absolute atomic E-state index is 0.165. The minimum Gasteiger partial charge on any atom is -0.496 e. The second kappa shape index (κ2) is 5.69. The Kier molecular flexibility index (Phi) is 4.81. The molecule has 0 radical (unpaired) electrons. The maximum absolute atomic E-state index is 5.36. The number of benzene rings is 1. The van der Waals surface area contributed by atoms with Crippen LogP contribution in [0.4, 0.5) is 0 Å². The fraction of sp³-hybridized carbons (Fsp3) is 0.538. The van der Waals surface area contributed by atoms with E-state index in [0.717, 1.165) is 23.2 Å². The van der Waals surface area contributed by atoms with Gasteiger partial charge in [-0.2, -0.15) is 0 Å². The molecule has 0 aliphatic heterocycles. The number of hydrogen-bond acceptors (Lipinski definition) is 2. The molecule has 2 nitrogen and oxygen atoms in total. The lowest BCUT2D eigenvalue weighted by Crippen LogP contribution is -2.37. The van der Waals surface area contributed by atoms with Crippen molar-refractivity contribution in [3.63, 3.8) is 0 Å². The van der Waals surface area contributed by atoms with Crippen molar-refractivity contribution in [2.45, 2.75) is 39.3 Å². The summed E-state index contributed by atoms with van der Waals surface area (Å²) in [6, 6.07) is 6.12. The quantitative estimate of drug-likeness (QED) is 0.890. The molecule has 0 atom stereocenters. The van der Waals surface area contributed by atoms with E-state index in [1.54, 1.807) is 7.11 Å². The summed E-state index contributed by atoms with van der Waals surface area (Å²) in [6.07, 6.45) is 1.10. The van der Waals surface area contributed by atoms with Gasteiger partial charge in [-0.15, -0.1) is 0 Å². The number of nitrogens with one attached hydrogen (secondary N) is 1. The standard InChI is InChI=1S/C13H20BrNO/c1-5-13(2,3)15-9-10-6-7-11(14)8-12(10)16-4/h6-8,15H,5,9H2,1-4H3. The number of hydrogen-bond donors (Lipinski definition) is 1. The van der Waals surface area contributed by atoms with Crippen molar-refractivity contribution in [2.75, 3.05) is 7.11 Å². The summed E-state index contributed by atoms with van der Waals surface area (Å²) in [7, 11) is 1.70. The van der Waals surface area contributed by atoms with Crippen LogP contribution in [0.2, 0.25) is 0 Å². The lowest BCUT2D eigenvalue weighted by Gasteiger charge is -2.25. The van der Waals surface area contributed by atoms with Gasteiger partial charge in [-0.1, -0.05) is 28.9 Å². The maximum atomic E-state index is 5.36. The Balaban J connectivity index is 2.74. The van der Waals surface area contributed by atoms with Gasteiger partial charge in [0.2, 0.25) is 0 Å². The molecule has 1 aromatic rings. The molecule has 0 bridgehead atoms. The molecule has 1 aromatic carbocycles. The minimum atomic E-state index is 0.165. The SMILES string of the molecule is CCC(C)(C)NCc1ccc(Br)cc1OC. The number of halogens is 1. The molecule has 0 aromatic heterocycles. The van der Waals surface area contributed by atoms with Crippen molar-refractivity contribution in [1.82, 2.24) is 5.32 Å². The first-order valence-electron chi connectivity index (χ1n) is 5.56. The number of methoxy groups -OCH3 is 1. The monoisotopic (exact) mass is 285 g/mol. The van der Waals surface area contributed by atoms with Crippen LogP contribution in [0.3, 0.4) is 0 Å². The normalized spacial score (nSPS) is 11.6. The molecule has 0 fully saturated rings. The third-order valence-electron chi connectivity index (χ3n) is 2.89. The zero-order valence-electron chi connectivity index (χ0n) is 10.4. The van der Waals surface area contributed by atoms with E-state index in [4.69, 9.17) is 4.74 Å². The van der Waals surface area contributed by atoms with Gasteiger partial charge in [0.15, 0.2) is 0 Å². The molecule has 0 saturated heterocycles. The molecular formula is C13H20BrNO. The fourth-order valence-electron chi connectivity index (χ4n) is 1.32. The van der Waals surface area contributed by atoms with Gasteiger partial charge in [0, 0.05) is 22.1 Å². The molecule has 16 heavy (non-hydrogen) atoms. The summed E-state index contributed by atoms with van der Waals surface area (Å²) in [5.74, 6) is 0.925. The van der Waals surface area contributed by atoms with Crippen molar-refractivity contribution in [3.05, 3.63) is 28.2 Å². The van der Waals surface area contributed by atoms with Crippen molar-refractivity contribution in [1.29, 1.82) is 0 Å². The van der Waals surface area contributed by atoms with Crippen molar-refractivity contribution < 1.29 is 4.74 Å². The van der Waals surface area contributed by atoms with Gasteiger partial charge in [0.05, 0.1) is 7.11 Å². The summed E-state index contributed by atoms with van der Waals surface area (Å²) < 4.78 is 6.40. The van der Waals surface area contributed by atoms with E-state index >= 15 is 0 Å². The second-order valence-electron chi connectivity index (χ2n) is 4.55. The second-order valence-corrected chi connectivity index (χ2v) is 5.46. The molecule has 1 rings (SSSR count). The van der Waals surface area contributed by atoms with Crippen LogP contribution in [0.15, 0.2) is 22.7 Å². The van der Waals surface area contributed by atoms with Crippen molar-refractivity contribution >= 4 is 15.9 Å². The van der Waals surface area contributed by atoms with E-state index in [-0.39, 0.29) is 5.54 Å². The summed E-state index contributed by atoms with van der Waals surface area (Å²) in [5, 5.41) is 3.52. The Morgan fingerprint density at radius 2 is 2.06 bits per heavy atom.